The Morgan fingerprint density at radius 3 is 2.67 bits per heavy atom. The maximum absolute atomic E-state index is 10.8. The Hall–Kier alpha value is -1.46. The lowest BCUT2D eigenvalue weighted by molar-refractivity contribution is -0.384. The molecule has 116 valence electrons. The van der Waals surface area contributed by atoms with E-state index in [1.54, 1.807) is 12.1 Å². The summed E-state index contributed by atoms with van der Waals surface area (Å²) in [6, 6.07) is 7.31. The average molecular weight is 292 g/mol. The molecule has 0 bridgehead atoms. The van der Waals surface area contributed by atoms with E-state index < -0.39 is 0 Å². The summed E-state index contributed by atoms with van der Waals surface area (Å²) in [7, 11) is 0. The molecule has 0 spiro atoms. The van der Waals surface area contributed by atoms with E-state index in [0.717, 1.165) is 31.2 Å². The van der Waals surface area contributed by atoms with Crippen molar-refractivity contribution < 1.29 is 9.66 Å². The molecule has 1 aliphatic rings. The van der Waals surface area contributed by atoms with E-state index in [4.69, 9.17) is 4.74 Å². The van der Waals surface area contributed by atoms with E-state index in [0.29, 0.717) is 24.8 Å². The lowest BCUT2D eigenvalue weighted by Crippen LogP contribution is -2.35. The number of benzene rings is 1. The predicted molar refractivity (Wildman–Crippen MR) is 82.2 cm³/mol. The van der Waals surface area contributed by atoms with Crippen LogP contribution in [-0.2, 0) is 11.3 Å². The molecule has 0 unspecified atom stereocenters. The maximum Gasteiger partial charge on any atom is 0.269 e. The third-order valence-corrected chi connectivity index (χ3v) is 3.86. The molecule has 1 N–H and O–H groups in total. The van der Waals surface area contributed by atoms with Crippen molar-refractivity contribution in [1.29, 1.82) is 0 Å². The van der Waals surface area contributed by atoms with Crippen LogP contribution in [0.3, 0.4) is 0 Å². The minimum atomic E-state index is -0.349. The van der Waals surface area contributed by atoms with Crippen molar-refractivity contribution in [3.8, 4) is 0 Å². The normalized spacial score (nSPS) is 22.4. The van der Waals surface area contributed by atoms with Gasteiger partial charge in [0.05, 0.1) is 17.1 Å². The van der Waals surface area contributed by atoms with Crippen molar-refractivity contribution in [2.24, 2.45) is 0 Å². The van der Waals surface area contributed by atoms with Gasteiger partial charge in [0.2, 0.25) is 0 Å². The summed E-state index contributed by atoms with van der Waals surface area (Å²) in [4.78, 5) is 10.4. The van der Waals surface area contributed by atoms with Crippen molar-refractivity contribution >= 4 is 5.69 Å². The molecule has 5 nitrogen and oxygen atoms in total. The van der Waals surface area contributed by atoms with Crippen molar-refractivity contribution in [2.75, 3.05) is 0 Å². The SMILES string of the molecule is CC(C)OC1CCC(NCc2cccc([N+](=O)[O-])c2)CC1. The quantitative estimate of drug-likeness (QED) is 0.644. The van der Waals surface area contributed by atoms with Gasteiger partial charge in [-0.25, -0.2) is 0 Å². The second-order valence-electron chi connectivity index (χ2n) is 5.97. The summed E-state index contributed by atoms with van der Waals surface area (Å²) in [6.45, 7) is 4.83. The molecule has 1 saturated carbocycles. The molecule has 1 aromatic rings. The van der Waals surface area contributed by atoms with Gasteiger partial charge in [0.1, 0.15) is 0 Å². The first-order valence-corrected chi connectivity index (χ1v) is 7.67. The number of rotatable bonds is 6. The molecule has 1 aromatic carbocycles. The number of ether oxygens (including phenoxy) is 1. The molecular weight excluding hydrogens is 268 g/mol. The molecule has 0 amide bonds. The monoisotopic (exact) mass is 292 g/mol. The van der Waals surface area contributed by atoms with Crippen LogP contribution in [0.5, 0.6) is 0 Å². The largest absolute Gasteiger partial charge is 0.376 e. The van der Waals surface area contributed by atoms with E-state index in [2.05, 4.69) is 19.2 Å². The number of hydrogen-bond donors (Lipinski definition) is 1. The van der Waals surface area contributed by atoms with Gasteiger partial charge in [-0.1, -0.05) is 12.1 Å². The Bertz CT molecular complexity index is 468. The minimum Gasteiger partial charge on any atom is -0.376 e. The lowest BCUT2D eigenvalue weighted by Gasteiger charge is -2.30. The third kappa shape index (κ3) is 5.10. The van der Waals surface area contributed by atoms with Crippen LogP contribution in [0, 0.1) is 10.1 Å². The highest BCUT2D eigenvalue weighted by Crippen LogP contribution is 2.23. The summed E-state index contributed by atoms with van der Waals surface area (Å²) in [5.74, 6) is 0. The molecule has 2 rings (SSSR count). The molecule has 0 aliphatic heterocycles. The molecule has 21 heavy (non-hydrogen) atoms. The Labute approximate surface area is 125 Å². The highest BCUT2D eigenvalue weighted by molar-refractivity contribution is 5.34. The summed E-state index contributed by atoms with van der Waals surface area (Å²) in [5.41, 5.74) is 1.12. The fourth-order valence-electron chi connectivity index (χ4n) is 2.83. The van der Waals surface area contributed by atoms with Crippen LogP contribution in [0.25, 0.3) is 0 Å². The molecule has 0 atom stereocenters. The molecular formula is C16H24N2O3. The zero-order valence-electron chi connectivity index (χ0n) is 12.7. The van der Waals surface area contributed by atoms with Crippen LogP contribution >= 0.6 is 0 Å². The highest BCUT2D eigenvalue weighted by atomic mass is 16.6. The zero-order chi connectivity index (χ0) is 15.2. The van der Waals surface area contributed by atoms with Crippen LogP contribution in [0.1, 0.15) is 45.1 Å². The van der Waals surface area contributed by atoms with Gasteiger partial charge in [-0.2, -0.15) is 0 Å². The zero-order valence-corrected chi connectivity index (χ0v) is 12.7. The number of nitrogens with zero attached hydrogens (tertiary/aromatic N) is 1. The van der Waals surface area contributed by atoms with E-state index in [1.807, 2.05) is 6.07 Å². The molecule has 5 heteroatoms. The first kappa shape index (κ1) is 15.9. The predicted octanol–water partition coefficient (Wildman–Crippen LogP) is 3.42. The molecule has 1 aliphatic carbocycles. The van der Waals surface area contributed by atoms with E-state index in [1.165, 1.54) is 6.07 Å². The van der Waals surface area contributed by atoms with Gasteiger partial charge in [-0.3, -0.25) is 10.1 Å². The fourth-order valence-corrected chi connectivity index (χ4v) is 2.83. The standard InChI is InChI=1S/C16H24N2O3/c1-12(2)21-16-8-6-14(7-9-16)17-11-13-4-3-5-15(10-13)18(19)20/h3-5,10,12,14,16-17H,6-9,11H2,1-2H3. The lowest BCUT2D eigenvalue weighted by atomic mass is 9.92. The highest BCUT2D eigenvalue weighted by Gasteiger charge is 2.22. The Morgan fingerprint density at radius 1 is 1.33 bits per heavy atom. The number of nitro groups is 1. The van der Waals surface area contributed by atoms with E-state index in [-0.39, 0.29) is 10.6 Å². The summed E-state index contributed by atoms with van der Waals surface area (Å²) in [6.07, 6.45) is 5.07. The molecule has 1 fully saturated rings. The van der Waals surface area contributed by atoms with Gasteiger partial charge in [-0.05, 0) is 45.1 Å². The summed E-state index contributed by atoms with van der Waals surface area (Å²) >= 11 is 0. The first-order valence-electron chi connectivity index (χ1n) is 7.67. The molecule has 0 saturated heterocycles. The minimum absolute atomic E-state index is 0.156. The van der Waals surface area contributed by atoms with Crippen LogP contribution in [0.4, 0.5) is 5.69 Å². The number of nitro benzene ring substituents is 1. The Morgan fingerprint density at radius 2 is 2.05 bits per heavy atom. The van der Waals surface area contributed by atoms with Crippen LogP contribution < -0.4 is 5.32 Å². The van der Waals surface area contributed by atoms with Crippen LogP contribution in [-0.4, -0.2) is 23.2 Å². The molecule has 0 radical (unpaired) electrons. The topological polar surface area (TPSA) is 64.4 Å². The van der Waals surface area contributed by atoms with Gasteiger partial charge < -0.3 is 10.1 Å². The van der Waals surface area contributed by atoms with E-state index in [9.17, 15) is 10.1 Å². The molecule has 0 aromatic heterocycles. The number of nitrogens with one attached hydrogen (secondary N) is 1. The van der Waals surface area contributed by atoms with Gasteiger partial charge >= 0.3 is 0 Å². The Balaban J connectivity index is 1.77. The van der Waals surface area contributed by atoms with Gasteiger partial charge in [0.25, 0.3) is 5.69 Å². The van der Waals surface area contributed by atoms with Gasteiger partial charge in [-0.15, -0.1) is 0 Å². The van der Waals surface area contributed by atoms with Crippen molar-refractivity contribution in [2.45, 2.75) is 64.3 Å². The first-order chi connectivity index (χ1) is 10.0. The number of non-ortho nitro benzene ring substituents is 1. The third-order valence-electron chi connectivity index (χ3n) is 3.86. The second kappa shape index (κ2) is 7.52. The van der Waals surface area contributed by atoms with Gasteiger partial charge in [0.15, 0.2) is 0 Å². The smallest absolute Gasteiger partial charge is 0.269 e. The Kier molecular flexibility index (Phi) is 5.70. The maximum atomic E-state index is 10.8. The van der Waals surface area contributed by atoms with Gasteiger partial charge in [0, 0.05) is 24.7 Å². The summed E-state index contributed by atoms with van der Waals surface area (Å²) in [5, 5.41) is 14.3. The fraction of sp³-hybridized carbons (Fsp3) is 0.625. The van der Waals surface area contributed by atoms with Crippen molar-refractivity contribution in [3.63, 3.8) is 0 Å². The molecule has 0 heterocycles. The average Bonchev–Trinajstić information content (AvgIpc) is 2.46. The van der Waals surface area contributed by atoms with Crippen molar-refractivity contribution in [3.05, 3.63) is 39.9 Å². The summed E-state index contributed by atoms with van der Waals surface area (Å²) < 4.78 is 5.84. The second-order valence-corrected chi connectivity index (χ2v) is 5.97. The van der Waals surface area contributed by atoms with E-state index >= 15 is 0 Å². The number of hydrogen-bond acceptors (Lipinski definition) is 4. The van der Waals surface area contributed by atoms with Crippen molar-refractivity contribution in [1.82, 2.24) is 5.32 Å². The van der Waals surface area contributed by atoms with Crippen LogP contribution in [0.15, 0.2) is 24.3 Å². The van der Waals surface area contributed by atoms with Crippen LogP contribution in [0.2, 0.25) is 0 Å².